The van der Waals surface area contributed by atoms with Gasteiger partial charge in [0, 0.05) is 30.4 Å². The van der Waals surface area contributed by atoms with Crippen LogP contribution in [0.2, 0.25) is 0 Å². The van der Waals surface area contributed by atoms with Gasteiger partial charge in [-0.3, -0.25) is 4.79 Å². The Hall–Kier alpha value is -1.97. The van der Waals surface area contributed by atoms with Crippen LogP contribution in [-0.2, 0) is 14.8 Å². The molecule has 2 aromatic rings. The summed E-state index contributed by atoms with van der Waals surface area (Å²) in [4.78, 5) is 12.9. The minimum atomic E-state index is -4.13. The van der Waals surface area contributed by atoms with E-state index < -0.39 is 26.6 Å². The minimum Gasteiger partial charge on any atom is -0.356 e. The summed E-state index contributed by atoms with van der Waals surface area (Å²) in [5, 5.41) is 2.91. The number of piperidine rings is 1. The molecule has 0 atom stereocenters. The Bertz CT molecular complexity index is 963. The summed E-state index contributed by atoms with van der Waals surface area (Å²) in [5.74, 6) is -1.27. The summed E-state index contributed by atoms with van der Waals surface area (Å²) in [5.41, 5.74) is 0. The van der Waals surface area contributed by atoms with E-state index in [1.807, 2.05) is 30.3 Å². The van der Waals surface area contributed by atoms with Crippen molar-refractivity contribution >= 4 is 27.7 Å². The third-order valence-electron chi connectivity index (χ3n) is 4.97. The van der Waals surface area contributed by atoms with Crippen molar-refractivity contribution in [3.63, 3.8) is 0 Å². The molecule has 162 valence electrons. The van der Waals surface area contributed by atoms with Gasteiger partial charge >= 0.3 is 0 Å². The molecule has 0 bridgehead atoms. The quantitative estimate of drug-likeness (QED) is 0.488. The van der Waals surface area contributed by atoms with Crippen LogP contribution in [0.25, 0.3) is 0 Å². The van der Waals surface area contributed by atoms with Crippen molar-refractivity contribution in [2.75, 3.05) is 25.4 Å². The Balaban J connectivity index is 1.43. The lowest BCUT2D eigenvalue weighted by molar-refractivity contribution is -0.126. The SMILES string of the molecule is O=C(NCCCSc1ccccc1)C1CCN(S(=O)(=O)c2cc(F)ccc2F)CC1. The second kappa shape index (κ2) is 10.4. The molecule has 0 radical (unpaired) electrons. The predicted octanol–water partition coefficient (Wildman–Crippen LogP) is 3.66. The number of rotatable bonds is 8. The average molecular weight is 455 g/mol. The van der Waals surface area contributed by atoms with Crippen molar-refractivity contribution in [2.24, 2.45) is 5.92 Å². The predicted molar refractivity (Wildman–Crippen MR) is 113 cm³/mol. The first-order valence-corrected chi connectivity index (χ1v) is 12.2. The number of hydrogen-bond donors (Lipinski definition) is 1. The molecule has 2 aromatic carbocycles. The molecule has 1 saturated heterocycles. The second-order valence-corrected chi connectivity index (χ2v) is 10.1. The number of halogens is 2. The van der Waals surface area contributed by atoms with Crippen LogP contribution >= 0.6 is 11.8 Å². The summed E-state index contributed by atoms with van der Waals surface area (Å²) in [7, 11) is -4.13. The number of nitrogens with one attached hydrogen (secondary N) is 1. The molecule has 9 heteroatoms. The summed E-state index contributed by atoms with van der Waals surface area (Å²) >= 11 is 1.73. The largest absolute Gasteiger partial charge is 0.356 e. The van der Waals surface area contributed by atoms with Crippen molar-refractivity contribution in [3.05, 3.63) is 60.2 Å². The van der Waals surface area contributed by atoms with Crippen molar-refractivity contribution in [1.29, 1.82) is 0 Å². The van der Waals surface area contributed by atoms with Gasteiger partial charge in [-0.1, -0.05) is 18.2 Å². The first kappa shape index (κ1) is 22.7. The molecule has 1 aliphatic rings. The zero-order valence-electron chi connectivity index (χ0n) is 16.4. The van der Waals surface area contributed by atoms with Gasteiger partial charge in [-0.25, -0.2) is 17.2 Å². The number of thioether (sulfide) groups is 1. The summed E-state index contributed by atoms with van der Waals surface area (Å²) in [6.45, 7) is 0.756. The van der Waals surface area contributed by atoms with E-state index in [2.05, 4.69) is 5.32 Å². The highest BCUT2D eigenvalue weighted by atomic mass is 32.2. The van der Waals surface area contributed by atoms with E-state index in [9.17, 15) is 22.0 Å². The number of sulfonamides is 1. The number of amides is 1. The fraction of sp³-hybridized carbons (Fsp3) is 0.381. The molecule has 1 fully saturated rings. The van der Waals surface area contributed by atoms with Gasteiger partial charge in [-0.05, 0) is 55.3 Å². The van der Waals surface area contributed by atoms with Crippen LogP contribution < -0.4 is 5.32 Å². The van der Waals surface area contributed by atoms with E-state index in [1.165, 1.54) is 4.90 Å². The topological polar surface area (TPSA) is 66.5 Å². The van der Waals surface area contributed by atoms with E-state index in [0.29, 0.717) is 25.5 Å². The van der Waals surface area contributed by atoms with E-state index in [-0.39, 0.29) is 24.9 Å². The van der Waals surface area contributed by atoms with Gasteiger partial charge in [0.1, 0.15) is 16.5 Å². The van der Waals surface area contributed by atoms with E-state index >= 15 is 0 Å². The molecule has 1 N–H and O–H groups in total. The second-order valence-electron chi connectivity index (χ2n) is 7.06. The molecule has 30 heavy (non-hydrogen) atoms. The molecule has 5 nitrogen and oxygen atoms in total. The fourth-order valence-corrected chi connectivity index (χ4v) is 5.73. The number of carbonyl (C=O) groups excluding carboxylic acids is 1. The van der Waals surface area contributed by atoms with Gasteiger partial charge in [0.05, 0.1) is 0 Å². The molecule has 0 saturated carbocycles. The van der Waals surface area contributed by atoms with Crippen LogP contribution in [0, 0.1) is 17.6 Å². The molecule has 0 aliphatic carbocycles. The number of nitrogens with zero attached hydrogens (tertiary/aromatic N) is 1. The van der Waals surface area contributed by atoms with Gasteiger partial charge in [-0.2, -0.15) is 4.31 Å². The number of carbonyl (C=O) groups is 1. The van der Waals surface area contributed by atoms with Crippen molar-refractivity contribution in [2.45, 2.75) is 29.1 Å². The Morgan fingerprint density at radius 3 is 2.50 bits per heavy atom. The fourth-order valence-electron chi connectivity index (χ4n) is 3.31. The normalized spacial score (nSPS) is 15.8. The highest BCUT2D eigenvalue weighted by Gasteiger charge is 2.33. The first-order valence-electron chi connectivity index (χ1n) is 9.78. The van der Waals surface area contributed by atoms with Crippen LogP contribution in [-0.4, -0.2) is 44.0 Å². The monoisotopic (exact) mass is 454 g/mol. The van der Waals surface area contributed by atoms with Gasteiger partial charge in [0.15, 0.2) is 0 Å². The van der Waals surface area contributed by atoms with Crippen molar-refractivity contribution in [1.82, 2.24) is 9.62 Å². The maximum Gasteiger partial charge on any atom is 0.246 e. The van der Waals surface area contributed by atoms with Gasteiger partial charge < -0.3 is 5.32 Å². The zero-order valence-corrected chi connectivity index (χ0v) is 18.0. The van der Waals surface area contributed by atoms with Crippen molar-refractivity contribution < 1.29 is 22.0 Å². The Morgan fingerprint density at radius 2 is 1.80 bits per heavy atom. The summed E-state index contributed by atoms with van der Waals surface area (Å²) in [6.07, 6.45) is 1.53. The van der Waals surface area contributed by atoms with E-state index in [4.69, 9.17) is 0 Å². The maximum absolute atomic E-state index is 13.9. The lowest BCUT2D eigenvalue weighted by Gasteiger charge is -2.30. The summed E-state index contributed by atoms with van der Waals surface area (Å²) < 4.78 is 53.6. The van der Waals surface area contributed by atoms with E-state index in [1.54, 1.807) is 11.8 Å². The van der Waals surface area contributed by atoms with Gasteiger partial charge in [-0.15, -0.1) is 11.8 Å². The van der Waals surface area contributed by atoms with Crippen LogP contribution in [0.3, 0.4) is 0 Å². The zero-order chi connectivity index (χ0) is 21.6. The van der Waals surface area contributed by atoms with Gasteiger partial charge in [0.2, 0.25) is 15.9 Å². The molecule has 3 rings (SSSR count). The summed E-state index contributed by atoms with van der Waals surface area (Å²) in [6, 6.07) is 12.4. The number of benzene rings is 2. The molecular weight excluding hydrogens is 430 g/mol. The molecular formula is C21H24F2N2O3S2. The lowest BCUT2D eigenvalue weighted by Crippen LogP contribution is -2.43. The highest BCUT2D eigenvalue weighted by molar-refractivity contribution is 7.99. The highest BCUT2D eigenvalue weighted by Crippen LogP contribution is 2.26. The minimum absolute atomic E-state index is 0.0892. The van der Waals surface area contributed by atoms with Crippen LogP contribution in [0.5, 0.6) is 0 Å². The third kappa shape index (κ3) is 5.80. The van der Waals surface area contributed by atoms with Gasteiger partial charge in [0.25, 0.3) is 0 Å². The average Bonchev–Trinajstić information content (AvgIpc) is 2.76. The van der Waals surface area contributed by atoms with Crippen molar-refractivity contribution in [3.8, 4) is 0 Å². The molecule has 1 amide bonds. The Labute approximate surface area is 179 Å². The Kier molecular flexibility index (Phi) is 7.85. The smallest absolute Gasteiger partial charge is 0.246 e. The molecule has 1 heterocycles. The molecule has 0 unspecified atom stereocenters. The number of hydrogen-bond acceptors (Lipinski definition) is 4. The van der Waals surface area contributed by atoms with E-state index in [0.717, 1.165) is 28.6 Å². The third-order valence-corrected chi connectivity index (χ3v) is 7.98. The maximum atomic E-state index is 13.9. The Morgan fingerprint density at radius 1 is 1.10 bits per heavy atom. The molecule has 0 spiro atoms. The first-order chi connectivity index (χ1) is 14.4. The lowest BCUT2D eigenvalue weighted by atomic mass is 9.97. The molecule has 1 aliphatic heterocycles. The van der Waals surface area contributed by atoms with Crippen LogP contribution in [0.15, 0.2) is 58.3 Å². The standard InChI is InChI=1S/C21H24F2N2O3S2/c22-17-7-8-19(23)20(15-17)30(27,28)25-12-9-16(10-13-25)21(26)24-11-4-14-29-18-5-2-1-3-6-18/h1-3,5-8,15-16H,4,9-14H2,(H,24,26). The van der Waals surface area contributed by atoms with Crippen LogP contribution in [0.4, 0.5) is 8.78 Å². The van der Waals surface area contributed by atoms with Crippen LogP contribution in [0.1, 0.15) is 19.3 Å². The molecule has 0 aromatic heterocycles.